The number of nitrogens with zero attached hydrogens (tertiary/aromatic N) is 6. The van der Waals surface area contributed by atoms with Gasteiger partial charge in [-0.1, -0.05) is 23.2 Å². The van der Waals surface area contributed by atoms with Crippen molar-refractivity contribution in [3.8, 4) is 12.1 Å². The fourth-order valence-corrected chi connectivity index (χ4v) is 5.41. The highest BCUT2D eigenvalue weighted by atomic mass is 35.5. The van der Waals surface area contributed by atoms with E-state index < -0.39 is 23.0 Å². The molecule has 0 radical (unpaired) electrons. The molecule has 2 amide bonds. The van der Waals surface area contributed by atoms with Gasteiger partial charge in [-0.2, -0.15) is 20.7 Å². The second-order valence-electron chi connectivity index (χ2n) is 12.1. The summed E-state index contributed by atoms with van der Waals surface area (Å²) in [5.41, 5.74) is -1.13. The van der Waals surface area contributed by atoms with Gasteiger partial charge in [0.1, 0.15) is 23.8 Å². The third kappa shape index (κ3) is 8.69. The predicted octanol–water partition coefficient (Wildman–Crippen LogP) is 6.18. The van der Waals surface area contributed by atoms with E-state index in [1.165, 1.54) is 102 Å². The van der Waals surface area contributed by atoms with Crippen molar-refractivity contribution in [2.45, 2.75) is 38.1 Å². The van der Waals surface area contributed by atoms with Crippen LogP contribution in [0.3, 0.4) is 0 Å². The number of nitrogens with one attached hydrogen (secondary N) is 2. The van der Waals surface area contributed by atoms with E-state index in [-0.39, 0.29) is 45.9 Å². The maximum absolute atomic E-state index is 13.3. The molecule has 0 aliphatic heterocycles. The van der Waals surface area contributed by atoms with Crippen molar-refractivity contribution in [2.24, 2.45) is 0 Å². The number of halogens is 4. The first-order valence-electron chi connectivity index (χ1n) is 15.3. The molecule has 6 rings (SSSR count). The van der Waals surface area contributed by atoms with Gasteiger partial charge >= 0.3 is 0 Å². The van der Waals surface area contributed by atoms with Crippen LogP contribution in [0.15, 0.2) is 85.2 Å². The van der Waals surface area contributed by atoms with Gasteiger partial charge < -0.3 is 20.8 Å². The quantitative estimate of drug-likeness (QED) is 0.143. The number of carbonyl (C=O) groups is 2. The van der Waals surface area contributed by atoms with Crippen molar-refractivity contribution in [3.63, 3.8) is 0 Å². The number of amides is 2. The van der Waals surface area contributed by atoms with E-state index in [1.54, 1.807) is 6.20 Å². The highest BCUT2D eigenvalue weighted by molar-refractivity contribution is 6.32. The zero-order valence-electron chi connectivity index (χ0n) is 27.4. The topological polar surface area (TPSA) is 182 Å². The number of rotatable bonds is 8. The number of benzene rings is 4. The molecule has 0 fully saturated rings. The Hall–Kier alpha value is -5.90. The monoisotopic (exact) mass is 744 g/mol. The number of fused-ring (bicyclic) bond motifs is 2. The number of hydrogen-bond acceptors (Lipinski definition) is 8. The summed E-state index contributed by atoms with van der Waals surface area (Å²) < 4.78 is 29.3. The van der Waals surface area contributed by atoms with Crippen LogP contribution in [0.4, 0.5) is 20.2 Å². The number of anilines is 2. The van der Waals surface area contributed by atoms with E-state index in [2.05, 4.69) is 20.8 Å². The molecule has 4 aromatic carbocycles. The van der Waals surface area contributed by atoms with E-state index in [9.17, 15) is 28.6 Å². The van der Waals surface area contributed by atoms with Crippen molar-refractivity contribution in [2.75, 3.05) is 10.6 Å². The molecule has 12 nitrogen and oxygen atoms in total. The lowest BCUT2D eigenvalue weighted by Gasteiger charge is -2.22. The summed E-state index contributed by atoms with van der Waals surface area (Å²) in [4.78, 5) is 24.8. The van der Waals surface area contributed by atoms with E-state index in [4.69, 9.17) is 33.7 Å². The largest absolute Gasteiger partial charge is 0.378 e. The highest BCUT2D eigenvalue weighted by Crippen LogP contribution is 2.24. The Morgan fingerprint density at radius 3 is 1.85 bits per heavy atom. The van der Waals surface area contributed by atoms with Crippen LogP contribution >= 0.6 is 23.2 Å². The lowest BCUT2D eigenvalue weighted by Crippen LogP contribution is -2.44. The Morgan fingerprint density at radius 1 is 0.788 bits per heavy atom. The summed E-state index contributed by atoms with van der Waals surface area (Å²) in [5.74, 6) is -2.11. The van der Waals surface area contributed by atoms with E-state index >= 15 is 0 Å². The summed E-state index contributed by atoms with van der Waals surface area (Å²) in [6.07, 6.45) is 3.02. The van der Waals surface area contributed by atoms with Gasteiger partial charge in [0, 0.05) is 28.3 Å². The SMILES string of the molecule is C[C@](O)(Cn1cc2cc(F)ccc2n1)C(=O)Nc1ccc(C#N)c(Cl)c1.C[C@](O)(Cn1ncc2cc(F)ccc21)C(=O)Nc1ccc(C#N)c(Cl)c1. The molecule has 2 heterocycles. The molecular formula is C36H28Cl2F2N8O4. The molecule has 0 unspecified atom stereocenters. The highest BCUT2D eigenvalue weighted by Gasteiger charge is 2.33. The molecule has 6 aromatic rings. The molecule has 0 saturated heterocycles. The first kappa shape index (κ1) is 37.4. The molecule has 2 atom stereocenters. The Balaban J connectivity index is 0.000000201. The lowest BCUT2D eigenvalue weighted by atomic mass is 10.1. The van der Waals surface area contributed by atoms with Crippen LogP contribution in [-0.4, -0.2) is 52.8 Å². The van der Waals surface area contributed by atoms with Crippen molar-refractivity contribution in [1.82, 2.24) is 19.6 Å². The van der Waals surface area contributed by atoms with Crippen molar-refractivity contribution < 1.29 is 28.6 Å². The Morgan fingerprint density at radius 2 is 1.31 bits per heavy atom. The van der Waals surface area contributed by atoms with Gasteiger partial charge in [0.2, 0.25) is 0 Å². The van der Waals surface area contributed by atoms with Crippen LogP contribution in [0.2, 0.25) is 10.0 Å². The van der Waals surface area contributed by atoms with Crippen LogP contribution in [-0.2, 0) is 22.7 Å². The molecule has 52 heavy (non-hydrogen) atoms. The first-order chi connectivity index (χ1) is 24.6. The van der Waals surface area contributed by atoms with Gasteiger partial charge in [0.15, 0.2) is 11.2 Å². The molecule has 0 aliphatic carbocycles. The van der Waals surface area contributed by atoms with Crippen molar-refractivity contribution in [3.05, 3.63) is 118 Å². The average molecular weight is 746 g/mol. The van der Waals surface area contributed by atoms with Crippen LogP contribution in [0.25, 0.3) is 21.8 Å². The smallest absolute Gasteiger partial charge is 0.257 e. The molecule has 4 N–H and O–H groups in total. The Kier molecular flexibility index (Phi) is 10.9. The van der Waals surface area contributed by atoms with E-state index in [0.717, 1.165) is 0 Å². The summed E-state index contributed by atoms with van der Waals surface area (Å²) >= 11 is 11.9. The number of aromatic nitrogens is 4. The normalized spacial score (nSPS) is 13.2. The molecule has 0 spiro atoms. The number of nitriles is 2. The van der Waals surface area contributed by atoms with Gasteiger partial charge in [0.25, 0.3) is 11.8 Å². The summed E-state index contributed by atoms with van der Waals surface area (Å²) in [6.45, 7) is 2.45. The zero-order valence-corrected chi connectivity index (χ0v) is 28.9. The number of carbonyl (C=O) groups excluding carboxylic acids is 2. The van der Waals surface area contributed by atoms with Crippen molar-refractivity contribution in [1.29, 1.82) is 10.5 Å². The predicted molar refractivity (Wildman–Crippen MR) is 190 cm³/mol. The molecule has 0 bridgehead atoms. The van der Waals surface area contributed by atoms with Crippen LogP contribution in [0, 0.1) is 34.3 Å². The molecule has 264 valence electrons. The summed E-state index contributed by atoms with van der Waals surface area (Å²) in [5, 5.41) is 53.8. The minimum atomic E-state index is -1.78. The van der Waals surface area contributed by atoms with Crippen LogP contribution in [0.5, 0.6) is 0 Å². The van der Waals surface area contributed by atoms with Gasteiger partial charge in [-0.3, -0.25) is 19.0 Å². The molecule has 0 saturated carbocycles. The Labute approximate surface area is 305 Å². The van der Waals surface area contributed by atoms with Crippen LogP contribution in [0.1, 0.15) is 25.0 Å². The van der Waals surface area contributed by atoms with Gasteiger partial charge in [0.05, 0.1) is 51.5 Å². The molecule has 2 aromatic heterocycles. The molecule has 16 heteroatoms. The summed E-state index contributed by atoms with van der Waals surface area (Å²) in [7, 11) is 0. The fourth-order valence-electron chi connectivity index (χ4n) is 4.96. The standard InChI is InChI=1S/2C18H14ClFN4O2/c1-18(26,10-24-9-12-6-13(20)3-5-16(12)23-24)17(25)22-14-4-2-11(8-21)15(19)7-14;1-18(26,10-24-16-5-3-13(20)6-12(16)9-22-24)17(25)23-14-4-2-11(8-21)15(19)7-14/h2-7,9,26H,10H2,1H3,(H,22,25);2-7,9,26H,10H2,1H3,(H,23,25)/t2*18-/m00/s1. The second kappa shape index (κ2) is 15.1. The zero-order chi connectivity index (χ0) is 37.8. The van der Waals surface area contributed by atoms with Crippen LogP contribution < -0.4 is 10.6 Å². The maximum atomic E-state index is 13.3. The maximum Gasteiger partial charge on any atom is 0.257 e. The van der Waals surface area contributed by atoms with Gasteiger partial charge in [-0.25, -0.2) is 8.78 Å². The minimum Gasteiger partial charge on any atom is -0.378 e. The molecular weight excluding hydrogens is 717 g/mol. The van der Waals surface area contributed by atoms with E-state index in [1.807, 2.05) is 12.1 Å². The number of aliphatic hydroxyl groups is 2. The number of hydrogen-bond donors (Lipinski definition) is 4. The fraction of sp³-hybridized carbons (Fsp3) is 0.167. The summed E-state index contributed by atoms with van der Waals surface area (Å²) in [6, 6.07) is 21.0. The second-order valence-corrected chi connectivity index (χ2v) is 12.9. The third-order valence-corrected chi connectivity index (χ3v) is 8.34. The van der Waals surface area contributed by atoms with Crippen molar-refractivity contribution >= 4 is 68.2 Å². The lowest BCUT2D eigenvalue weighted by molar-refractivity contribution is -0.134. The molecule has 0 aliphatic rings. The van der Waals surface area contributed by atoms with Gasteiger partial charge in [-0.15, -0.1) is 0 Å². The average Bonchev–Trinajstić information content (AvgIpc) is 3.66. The van der Waals surface area contributed by atoms with Gasteiger partial charge in [-0.05, 0) is 86.6 Å². The first-order valence-corrected chi connectivity index (χ1v) is 16.0. The third-order valence-electron chi connectivity index (χ3n) is 7.72. The minimum absolute atomic E-state index is 0.126. The Bertz CT molecular complexity index is 2400. The van der Waals surface area contributed by atoms with E-state index in [0.29, 0.717) is 33.2 Å².